The third-order valence-corrected chi connectivity index (χ3v) is 4.29. The van der Waals surface area contributed by atoms with Gasteiger partial charge in [-0.25, -0.2) is 0 Å². The maximum Gasteiger partial charge on any atom is 0.0724 e. The molecule has 0 aromatic carbocycles. The van der Waals surface area contributed by atoms with Crippen LogP contribution in [0, 0.1) is 0 Å². The molecule has 2 fully saturated rings. The molecule has 3 atom stereocenters. The van der Waals surface area contributed by atoms with Crippen LogP contribution in [0.4, 0.5) is 0 Å². The Morgan fingerprint density at radius 2 is 2.00 bits per heavy atom. The Kier molecular flexibility index (Phi) is 4.62. The van der Waals surface area contributed by atoms with Crippen LogP contribution in [-0.4, -0.2) is 50.3 Å². The molecule has 3 nitrogen and oxygen atoms in total. The zero-order chi connectivity index (χ0) is 11.4. The van der Waals surface area contributed by atoms with Gasteiger partial charge in [-0.05, 0) is 39.3 Å². The van der Waals surface area contributed by atoms with Gasteiger partial charge in [0.15, 0.2) is 0 Å². The quantitative estimate of drug-likeness (QED) is 0.788. The van der Waals surface area contributed by atoms with Crippen LogP contribution < -0.4 is 5.32 Å². The molecule has 94 valence electrons. The van der Waals surface area contributed by atoms with E-state index in [2.05, 4.69) is 17.3 Å². The summed E-state index contributed by atoms with van der Waals surface area (Å²) in [6.07, 6.45) is 8.37. The molecule has 3 heteroatoms. The van der Waals surface area contributed by atoms with Crippen LogP contribution >= 0.6 is 0 Å². The molecule has 1 aliphatic heterocycles. The summed E-state index contributed by atoms with van der Waals surface area (Å²) >= 11 is 0. The van der Waals surface area contributed by atoms with Crippen molar-refractivity contribution in [2.75, 3.05) is 27.2 Å². The number of methoxy groups -OCH3 is 1. The number of hydrogen-bond acceptors (Lipinski definition) is 3. The van der Waals surface area contributed by atoms with Gasteiger partial charge in [0, 0.05) is 25.7 Å². The van der Waals surface area contributed by atoms with Gasteiger partial charge in [0.25, 0.3) is 0 Å². The fourth-order valence-corrected chi connectivity index (χ4v) is 3.14. The van der Waals surface area contributed by atoms with Gasteiger partial charge in [-0.3, -0.25) is 0 Å². The van der Waals surface area contributed by atoms with Gasteiger partial charge in [0.1, 0.15) is 0 Å². The zero-order valence-electron chi connectivity index (χ0n) is 10.7. The minimum atomic E-state index is 0.445. The number of ether oxygens (including phenoxy) is 1. The number of likely N-dealkylation sites (tertiary alicyclic amines) is 1. The molecule has 1 saturated heterocycles. The van der Waals surface area contributed by atoms with E-state index in [-0.39, 0.29) is 0 Å². The van der Waals surface area contributed by atoms with Crippen LogP contribution in [0.3, 0.4) is 0 Å². The average molecular weight is 226 g/mol. The Morgan fingerprint density at radius 1 is 1.19 bits per heavy atom. The molecular weight excluding hydrogens is 200 g/mol. The van der Waals surface area contributed by atoms with E-state index in [0.29, 0.717) is 12.1 Å². The van der Waals surface area contributed by atoms with Crippen molar-refractivity contribution in [1.82, 2.24) is 10.2 Å². The van der Waals surface area contributed by atoms with Crippen molar-refractivity contribution in [3.63, 3.8) is 0 Å². The highest BCUT2D eigenvalue weighted by atomic mass is 16.5. The van der Waals surface area contributed by atoms with E-state index >= 15 is 0 Å². The number of nitrogens with zero attached hydrogens (tertiary/aromatic N) is 1. The molecule has 16 heavy (non-hydrogen) atoms. The van der Waals surface area contributed by atoms with Gasteiger partial charge in [-0.1, -0.05) is 12.8 Å². The molecule has 1 heterocycles. The smallest absolute Gasteiger partial charge is 0.0724 e. The lowest BCUT2D eigenvalue weighted by molar-refractivity contribution is 0.0400. The first-order valence-corrected chi connectivity index (χ1v) is 6.77. The number of nitrogens with one attached hydrogen (secondary N) is 1. The molecule has 1 aliphatic carbocycles. The summed E-state index contributed by atoms with van der Waals surface area (Å²) in [7, 11) is 4.10. The highest BCUT2D eigenvalue weighted by molar-refractivity contribution is 4.85. The molecule has 0 aromatic heterocycles. The fraction of sp³-hybridized carbons (Fsp3) is 1.00. The van der Waals surface area contributed by atoms with Crippen LogP contribution in [0.5, 0.6) is 0 Å². The summed E-state index contributed by atoms with van der Waals surface area (Å²) in [5.74, 6) is 0. The highest BCUT2D eigenvalue weighted by Gasteiger charge is 2.27. The van der Waals surface area contributed by atoms with Crippen LogP contribution in [-0.2, 0) is 4.74 Å². The maximum atomic E-state index is 5.57. The lowest BCUT2D eigenvalue weighted by Crippen LogP contribution is -2.47. The molecule has 0 bridgehead atoms. The number of rotatable bonds is 4. The lowest BCUT2D eigenvalue weighted by Gasteiger charge is -2.33. The average Bonchev–Trinajstić information content (AvgIpc) is 2.72. The molecular formula is C13H26N2O. The van der Waals surface area contributed by atoms with E-state index in [1.54, 1.807) is 0 Å². The van der Waals surface area contributed by atoms with Crippen molar-refractivity contribution < 1.29 is 4.74 Å². The summed E-state index contributed by atoms with van der Waals surface area (Å²) in [4.78, 5) is 2.48. The van der Waals surface area contributed by atoms with E-state index in [9.17, 15) is 0 Å². The molecule has 0 aromatic rings. The van der Waals surface area contributed by atoms with E-state index in [1.807, 2.05) is 7.11 Å². The second-order valence-electron chi connectivity index (χ2n) is 5.35. The topological polar surface area (TPSA) is 24.5 Å². The lowest BCUT2D eigenvalue weighted by atomic mass is 9.92. The highest BCUT2D eigenvalue weighted by Crippen LogP contribution is 2.21. The first kappa shape index (κ1) is 12.3. The van der Waals surface area contributed by atoms with Crippen molar-refractivity contribution in [2.45, 2.75) is 56.7 Å². The molecule has 0 spiro atoms. The maximum absolute atomic E-state index is 5.57. The molecule has 2 rings (SSSR count). The van der Waals surface area contributed by atoms with Crippen molar-refractivity contribution in [2.24, 2.45) is 0 Å². The van der Waals surface area contributed by atoms with Crippen molar-refractivity contribution in [3.8, 4) is 0 Å². The van der Waals surface area contributed by atoms with E-state index in [4.69, 9.17) is 4.74 Å². The van der Waals surface area contributed by atoms with E-state index in [0.717, 1.165) is 12.6 Å². The summed E-state index contributed by atoms with van der Waals surface area (Å²) in [5.41, 5.74) is 0. The van der Waals surface area contributed by atoms with E-state index < -0.39 is 0 Å². The van der Waals surface area contributed by atoms with Gasteiger partial charge >= 0.3 is 0 Å². The van der Waals surface area contributed by atoms with Crippen molar-refractivity contribution >= 4 is 0 Å². The van der Waals surface area contributed by atoms with E-state index in [1.165, 1.54) is 45.1 Å². The Balaban J connectivity index is 1.75. The second kappa shape index (κ2) is 5.99. The molecule has 1 saturated carbocycles. The second-order valence-corrected chi connectivity index (χ2v) is 5.35. The van der Waals surface area contributed by atoms with Gasteiger partial charge < -0.3 is 15.0 Å². The normalized spacial score (nSPS) is 36.8. The van der Waals surface area contributed by atoms with Crippen LogP contribution in [0.15, 0.2) is 0 Å². The van der Waals surface area contributed by atoms with Crippen LogP contribution in [0.25, 0.3) is 0 Å². The molecule has 0 radical (unpaired) electrons. The minimum Gasteiger partial charge on any atom is -0.380 e. The largest absolute Gasteiger partial charge is 0.380 e. The zero-order valence-corrected chi connectivity index (χ0v) is 10.7. The van der Waals surface area contributed by atoms with Gasteiger partial charge in [0.2, 0.25) is 0 Å². The summed E-state index contributed by atoms with van der Waals surface area (Å²) in [6, 6.07) is 1.34. The SMILES string of the molecule is COC1CCCCC1NCC1CCCN1C. The fourth-order valence-electron chi connectivity index (χ4n) is 3.14. The third-order valence-electron chi connectivity index (χ3n) is 4.29. The van der Waals surface area contributed by atoms with Gasteiger partial charge in [-0.15, -0.1) is 0 Å². The summed E-state index contributed by atoms with van der Waals surface area (Å²) in [6.45, 7) is 2.41. The summed E-state index contributed by atoms with van der Waals surface area (Å²) < 4.78 is 5.57. The Hall–Kier alpha value is -0.120. The third kappa shape index (κ3) is 2.96. The summed E-state index contributed by atoms with van der Waals surface area (Å²) in [5, 5.41) is 3.73. The molecule has 1 N–H and O–H groups in total. The minimum absolute atomic E-state index is 0.445. The van der Waals surface area contributed by atoms with Crippen LogP contribution in [0.1, 0.15) is 38.5 Å². The van der Waals surface area contributed by atoms with Crippen molar-refractivity contribution in [1.29, 1.82) is 0 Å². The van der Waals surface area contributed by atoms with Gasteiger partial charge in [-0.2, -0.15) is 0 Å². The predicted molar refractivity (Wildman–Crippen MR) is 66.7 cm³/mol. The number of hydrogen-bond donors (Lipinski definition) is 1. The Bertz CT molecular complexity index is 210. The van der Waals surface area contributed by atoms with Gasteiger partial charge in [0.05, 0.1) is 6.10 Å². The predicted octanol–water partition coefficient (Wildman–Crippen LogP) is 1.63. The standard InChI is InChI=1S/C13H26N2O/c1-15-9-5-6-11(15)10-14-12-7-3-4-8-13(12)16-2/h11-14H,3-10H2,1-2H3. The monoisotopic (exact) mass is 226 g/mol. The number of likely N-dealkylation sites (N-methyl/N-ethyl adjacent to an activating group) is 1. The first-order chi connectivity index (χ1) is 7.81. The Labute approximate surface area is 99.5 Å². The molecule has 2 aliphatic rings. The first-order valence-electron chi connectivity index (χ1n) is 6.77. The van der Waals surface area contributed by atoms with Crippen molar-refractivity contribution in [3.05, 3.63) is 0 Å². The Morgan fingerprint density at radius 3 is 2.69 bits per heavy atom. The molecule has 3 unspecified atom stereocenters. The molecule has 0 amide bonds. The van der Waals surface area contributed by atoms with Crippen LogP contribution in [0.2, 0.25) is 0 Å².